The van der Waals surface area contributed by atoms with Crippen LogP contribution in [0.2, 0.25) is 0 Å². The minimum absolute atomic E-state index is 0.120. The maximum Gasteiger partial charge on any atom is 0.243 e. The summed E-state index contributed by atoms with van der Waals surface area (Å²) >= 11 is 0. The van der Waals surface area contributed by atoms with Crippen LogP contribution in [0.15, 0.2) is 23.1 Å². The average molecular weight is 286 g/mol. The summed E-state index contributed by atoms with van der Waals surface area (Å²) < 4.78 is 39.2. The van der Waals surface area contributed by atoms with Gasteiger partial charge in [-0.25, -0.2) is 12.8 Å². The van der Waals surface area contributed by atoms with Crippen LogP contribution in [0.4, 0.5) is 4.39 Å². The maximum atomic E-state index is 13.5. The second kappa shape index (κ2) is 5.26. The van der Waals surface area contributed by atoms with Gasteiger partial charge in [-0.1, -0.05) is 6.07 Å². The van der Waals surface area contributed by atoms with Crippen LogP contribution in [0.3, 0.4) is 0 Å². The number of amides is 1. The second-order valence-electron chi connectivity index (χ2n) is 4.45. The number of nitrogens with one attached hydrogen (secondary N) is 1. The van der Waals surface area contributed by atoms with Gasteiger partial charge in [0.1, 0.15) is 5.82 Å². The normalized spacial score (nSPS) is 17.9. The summed E-state index contributed by atoms with van der Waals surface area (Å²) in [6.45, 7) is 2.03. The van der Waals surface area contributed by atoms with Crippen molar-refractivity contribution in [3.05, 3.63) is 29.6 Å². The third-order valence-electron chi connectivity index (χ3n) is 3.01. The van der Waals surface area contributed by atoms with Gasteiger partial charge < -0.3 is 5.32 Å². The molecule has 0 unspecified atom stereocenters. The van der Waals surface area contributed by atoms with E-state index in [1.54, 1.807) is 6.92 Å². The topological polar surface area (TPSA) is 66.5 Å². The van der Waals surface area contributed by atoms with Crippen LogP contribution >= 0.6 is 0 Å². The molecule has 1 aromatic carbocycles. The molecule has 1 heterocycles. The number of rotatable bonds is 2. The van der Waals surface area contributed by atoms with Crippen LogP contribution in [0.25, 0.3) is 0 Å². The fraction of sp³-hybridized carbons (Fsp3) is 0.417. The molecule has 0 aromatic heterocycles. The molecule has 1 aliphatic heterocycles. The Morgan fingerprint density at radius 1 is 1.37 bits per heavy atom. The Labute approximate surface area is 111 Å². The number of carbonyl (C=O) groups excluding carboxylic acids is 1. The lowest BCUT2D eigenvalue weighted by Gasteiger charge is -2.18. The molecule has 0 bridgehead atoms. The van der Waals surface area contributed by atoms with Gasteiger partial charge in [0.05, 0.1) is 11.4 Å². The average Bonchev–Trinajstić information content (AvgIpc) is 2.57. The van der Waals surface area contributed by atoms with Gasteiger partial charge in [-0.05, 0) is 31.0 Å². The Morgan fingerprint density at radius 3 is 2.79 bits per heavy atom. The molecule has 0 saturated carbocycles. The molecule has 0 spiro atoms. The van der Waals surface area contributed by atoms with Gasteiger partial charge in [-0.3, -0.25) is 4.79 Å². The SMILES string of the molecule is Cc1ccc(S(=O)(=O)N2CCCNC(=O)C2)cc1F. The summed E-state index contributed by atoms with van der Waals surface area (Å²) in [4.78, 5) is 11.3. The minimum Gasteiger partial charge on any atom is -0.355 e. The van der Waals surface area contributed by atoms with E-state index in [1.165, 1.54) is 12.1 Å². The van der Waals surface area contributed by atoms with Gasteiger partial charge in [0, 0.05) is 13.1 Å². The van der Waals surface area contributed by atoms with E-state index < -0.39 is 15.8 Å². The lowest BCUT2D eigenvalue weighted by Crippen LogP contribution is -2.37. The van der Waals surface area contributed by atoms with E-state index in [2.05, 4.69) is 5.32 Å². The first-order chi connectivity index (χ1) is 8.91. The molecule has 1 fully saturated rings. The Kier molecular flexibility index (Phi) is 3.86. The summed E-state index contributed by atoms with van der Waals surface area (Å²) in [6.07, 6.45) is 0.541. The standard InChI is InChI=1S/C12H15FN2O3S/c1-9-3-4-10(7-11(9)13)19(17,18)15-6-2-5-14-12(16)8-15/h3-4,7H,2,5-6,8H2,1H3,(H,14,16). The van der Waals surface area contributed by atoms with Gasteiger partial charge >= 0.3 is 0 Å². The van der Waals surface area contributed by atoms with Crippen molar-refractivity contribution in [3.8, 4) is 0 Å². The molecule has 1 aromatic rings. The number of carbonyl (C=O) groups is 1. The molecule has 104 valence electrons. The van der Waals surface area contributed by atoms with Crippen LogP contribution in [0, 0.1) is 12.7 Å². The highest BCUT2D eigenvalue weighted by atomic mass is 32.2. The van der Waals surface area contributed by atoms with Crippen molar-refractivity contribution < 1.29 is 17.6 Å². The van der Waals surface area contributed by atoms with Crippen molar-refractivity contribution >= 4 is 15.9 Å². The number of hydrogen-bond donors (Lipinski definition) is 1. The highest BCUT2D eigenvalue weighted by Crippen LogP contribution is 2.19. The van der Waals surface area contributed by atoms with Crippen molar-refractivity contribution in [1.29, 1.82) is 0 Å². The highest BCUT2D eigenvalue weighted by Gasteiger charge is 2.28. The Bertz CT molecular complexity index is 601. The van der Waals surface area contributed by atoms with Crippen molar-refractivity contribution in [1.82, 2.24) is 9.62 Å². The monoisotopic (exact) mass is 286 g/mol. The number of halogens is 1. The molecular weight excluding hydrogens is 271 g/mol. The molecule has 5 nitrogen and oxygen atoms in total. The molecule has 19 heavy (non-hydrogen) atoms. The third-order valence-corrected chi connectivity index (χ3v) is 4.85. The molecule has 1 amide bonds. The van der Waals surface area contributed by atoms with Gasteiger partial charge in [0.15, 0.2) is 0 Å². The first-order valence-electron chi connectivity index (χ1n) is 5.94. The Hall–Kier alpha value is -1.47. The molecule has 7 heteroatoms. The fourth-order valence-electron chi connectivity index (χ4n) is 1.87. The molecule has 1 aliphatic rings. The number of aryl methyl sites for hydroxylation is 1. The summed E-state index contributed by atoms with van der Waals surface area (Å²) in [6, 6.07) is 3.77. The van der Waals surface area contributed by atoms with Crippen LogP contribution in [0.1, 0.15) is 12.0 Å². The van der Waals surface area contributed by atoms with Crippen LogP contribution in [0.5, 0.6) is 0 Å². The molecule has 0 radical (unpaired) electrons. The molecule has 1 saturated heterocycles. The zero-order valence-electron chi connectivity index (χ0n) is 10.5. The summed E-state index contributed by atoms with van der Waals surface area (Å²) in [5.41, 5.74) is 0.382. The molecule has 1 N–H and O–H groups in total. The van der Waals surface area contributed by atoms with E-state index in [0.717, 1.165) is 10.4 Å². The summed E-state index contributed by atoms with van der Waals surface area (Å²) in [7, 11) is -3.83. The predicted molar refractivity (Wildman–Crippen MR) is 67.5 cm³/mol. The number of hydrogen-bond acceptors (Lipinski definition) is 3. The van der Waals surface area contributed by atoms with Gasteiger partial charge in [0.2, 0.25) is 15.9 Å². The zero-order chi connectivity index (χ0) is 14.0. The van der Waals surface area contributed by atoms with Gasteiger partial charge in [-0.15, -0.1) is 0 Å². The first kappa shape index (κ1) is 14.0. The predicted octanol–water partition coefficient (Wildman–Crippen LogP) is 0.645. The van der Waals surface area contributed by atoms with E-state index in [9.17, 15) is 17.6 Å². The fourth-order valence-corrected chi connectivity index (χ4v) is 3.31. The molecule has 0 aliphatic carbocycles. The van der Waals surface area contributed by atoms with Gasteiger partial charge in [0.25, 0.3) is 0 Å². The largest absolute Gasteiger partial charge is 0.355 e. The Balaban J connectivity index is 2.35. The molecule has 0 atom stereocenters. The van der Waals surface area contributed by atoms with Gasteiger partial charge in [-0.2, -0.15) is 4.31 Å². The van der Waals surface area contributed by atoms with E-state index in [4.69, 9.17) is 0 Å². The minimum atomic E-state index is -3.83. The highest BCUT2D eigenvalue weighted by molar-refractivity contribution is 7.89. The van der Waals surface area contributed by atoms with Crippen LogP contribution in [-0.4, -0.2) is 38.3 Å². The lowest BCUT2D eigenvalue weighted by atomic mass is 10.2. The smallest absolute Gasteiger partial charge is 0.243 e. The van der Waals surface area contributed by atoms with Crippen molar-refractivity contribution in [2.24, 2.45) is 0 Å². The van der Waals surface area contributed by atoms with Crippen molar-refractivity contribution in [2.75, 3.05) is 19.6 Å². The second-order valence-corrected chi connectivity index (χ2v) is 6.39. The van der Waals surface area contributed by atoms with E-state index >= 15 is 0 Å². The quantitative estimate of drug-likeness (QED) is 0.868. The maximum absolute atomic E-state index is 13.5. The van der Waals surface area contributed by atoms with Crippen LogP contribution in [-0.2, 0) is 14.8 Å². The summed E-state index contributed by atoms with van der Waals surface area (Å²) in [5.74, 6) is -0.908. The van der Waals surface area contributed by atoms with E-state index in [-0.39, 0.29) is 23.9 Å². The number of benzene rings is 1. The first-order valence-corrected chi connectivity index (χ1v) is 7.38. The van der Waals surface area contributed by atoms with E-state index in [0.29, 0.717) is 18.5 Å². The molecular formula is C12H15FN2O3S. The number of nitrogens with zero attached hydrogens (tertiary/aromatic N) is 1. The molecule has 2 rings (SSSR count). The zero-order valence-corrected chi connectivity index (χ0v) is 11.3. The number of sulfonamides is 1. The summed E-state index contributed by atoms with van der Waals surface area (Å²) in [5, 5.41) is 2.60. The lowest BCUT2D eigenvalue weighted by molar-refractivity contribution is -0.120. The van der Waals surface area contributed by atoms with Crippen molar-refractivity contribution in [3.63, 3.8) is 0 Å². The third kappa shape index (κ3) is 2.93. The van der Waals surface area contributed by atoms with Crippen molar-refractivity contribution in [2.45, 2.75) is 18.2 Å². The Morgan fingerprint density at radius 2 is 2.11 bits per heavy atom. The van der Waals surface area contributed by atoms with E-state index in [1.807, 2.05) is 0 Å². The van der Waals surface area contributed by atoms with Crippen LogP contribution < -0.4 is 5.32 Å².